The summed E-state index contributed by atoms with van der Waals surface area (Å²) < 4.78 is 51.1. The number of alkyl halides is 3. The van der Waals surface area contributed by atoms with Crippen LogP contribution in [0.1, 0.15) is 25.8 Å². The van der Waals surface area contributed by atoms with Gasteiger partial charge in [0.05, 0.1) is 11.3 Å². The van der Waals surface area contributed by atoms with Crippen molar-refractivity contribution >= 4 is 5.69 Å². The van der Waals surface area contributed by atoms with Gasteiger partial charge in [-0.15, -0.1) is 0 Å². The lowest BCUT2D eigenvalue weighted by molar-refractivity contribution is -0.137. The standard InChI is InChI=1S/C15H20F4N2/c1-10(2)21-6-5-11(9-21)8-20-14-4-3-12(7-13(14)16)15(17,18)19/h3-4,7,10-11,20H,5-6,8-9H2,1-2H3. The summed E-state index contributed by atoms with van der Waals surface area (Å²) in [7, 11) is 0. The molecular weight excluding hydrogens is 284 g/mol. The molecule has 0 aromatic heterocycles. The molecular formula is C15H20F4N2. The smallest absolute Gasteiger partial charge is 0.382 e. The van der Waals surface area contributed by atoms with Gasteiger partial charge < -0.3 is 10.2 Å². The van der Waals surface area contributed by atoms with Crippen molar-refractivity contribution in [2.45, 2.75) is 32.5 Å². The van der Waals surface area contributed by atoms with Crippen LogP contribution in [0.4, 0.5) is 23.2 Å². The highest BCUT2D eigenvalue weighted by atomic mass is 19.4. The van der Waals surface area contributed by atoms with Gasteiger partial charge in [-0.3, -0.25) is 0 Å². The number of likely N-dealkylation sites (tertiary alicyclic amines) is 1. The van der Waals surface area contributed by atoms with Crippen molar-refractivity contribution in [1.82, 2.24) is 4.90 Å². The summed E-state index contributed by atoms with van der Waals surface area (Å²) >= 11 is 0. The maximum atomic E-state index is 13.7. The van der Waals surface area contributed by atoms with Crippen LogP contribution in [0.25, 0.3) is 0 Å². The Bertz CT molecular complexity index is 485. The molecule has 1 aliphatic rings. The first-order chi connectivity index (χ1) is 9.77. The van der Waals surface area contributed by atoms with Crippen LogP contribution in [-0.2, 0) is 6.18 Å². The molecule has 1 aliphatic heterocycles. The number of halogens is 4. The molecule has 1 unspecified atom stereocenters. The summed E-state index contributed by atoms with van der Waals surface area (Å²) in [6, 6.07) is 3.09. The third-order valence-electron chi connectivity index (χ3n) is 3.93. The highest BCUT2D eigenvalue weighted by Gasteiger charge is 2.31. The fraction of sp³-hybridized carbons (Fsp3) is 0.600. The van der Waals surface area contributed by atoms with Crippen molar-refractivity contribution in [2.75, 3.05) is 25.0 Å². The molecule has 0 bridgehead atoms. The average Bonchev–Trinajstić information content (AvgIpc) is 2.85. The number of nitrogens with zero attached hydrogens (tertiary/aromatic N) is 1. The number of rotatable bonds is 4. The Morgan fingerprint density at radius 1 is 1.33 bits per heavy atom. The van der Waals surface area contributed by atoms with Crippen molar-refractivity contribution in [3.05, 3.63) is 29.6 Å². The molecule has 0 spiro atoms. The van der Waals surface area contributed by atoms with E-state index in [0.717, 1.165) is 31.6 Å². The van der Waals surface area contributed by atoms with Gasteiger partial charge in [-0.2, -0.15) is 13.2 Å². The quantitative estimate of drug-likeness (QED) is 0.846. The van der Waals surface area contributed by atoms with E-state index in [4.69, 9.17) is 0 Å². The second-order valence-electron chi connectivity index (χ2n) is 5.82. The summed E-state index contributed by atoms with van der Waals surface area (Å²) in [4.78, 5) is 2.34. The Morgan fingerprint density at radius 3 is 2.57 bits per heavy atom. The Morgan fingerprint density at radius 2 is 2.05 bits per heavy atom. The Balaban J connectivity index is 1.92. The van der Waals surface area contributed by atoms with Crippen LogP contribution >= 0.6 is 0 Å². The van der Waals surface area contributed by atoms with E-state index in [1.54, 1.807) is 0 Å². The Labute approximate surface area is 122 Å². The van der Waals surface area contributed by atoms with Crippen LogP contribution in [0.15, 0.2) is 18.2 Å². The van der Waals surface area contributed by atoms with Gasteiger partial charge in [-0.05, 0) is 50.9 Å². The molecule has 1 N–H and O–H groups in total. The molecule has 0 radical (unpaired) electrons. The summed E-state index contributed by atoms with van der Waals surface area (Å²) in [5.41, 5.74) is -0.830. The molecule has 1 atom stereocenters. The van der Waals surface area contributed by atoms with E-state index in [1.165, 1.54) is 0 Å². The van der Waals surface area contributed by atoms with Gasteiger partial charge in [-0.25, -0.2) is 4.39 Å². The van der Waals surface area contributed by atoms with Gasteiger partial charge >= 0.3 is 6.18 Å². The third-order valence-corrected chi connectivity index (χ3v) is 3.93. The van der Waals surface area contributed by atoms with Crippen LogP contribution in [0, 0.1) is 11.7 Å². The molecule has 0 amide bonds. The molecule has 118 valence electrons. The van der Waals surface area contributed by atoms with Crippen molar-refractivity contribution < 1.29 is 17.6 Å². The predicted octanol–water partition coefficient (Wildman–Crippen LogP) is 3.99. The van der Waals surface area contributed by atoms with Crippen molar-refractivity contribution in [3.8, 4) is 0 Å². The number of hydrogen-bond donors (Lipinski definition) is 1. The van der Waals surface area contributed by atoms with Crippen LogP contribution in [0.2, 0.25) is 0 Å². The summed E-state index contributed by atoms with van der Waals surface area (Å²) in [6.07, 6.45) is -3.49. The Hall–Kier alpha value is -1.30. The molecule has 0 aliphatic carbocycles. The molecule has 1 fully saturated rings. The number of anilines is 1. The molecule has 21 heavy (non-hydrogen) atoms. The van der Waals surface area contributed by atoms with E-state index in [1.807, 2.05) is 0 Å². The molecule has 1 heterocycles. The SMILES string of the molecule is CC(C)N1CCC(CNc2ccc(C(F)(F)F)cc2F)C1. The number of hydrogen-bond acceptors (Lipinski definition) is 2. The second-order valence-corrected chi connectivity index (χ2v) is 5.82. The second kappa shape index (κ2) is 6.22. The number of benzene rings is 1. The lowest BCUT2D eigenvalue weighted by Gasteiger charge is -2.20. The largest absolute Gasteiger partial charge is 0.416 e. The minimum atomic E-state index is -4.51. The highest BCUT2D eigenvalue weighted by molar-refractivity contribution is 5.46. The zero-order valence-electron chi connectivity index (χ0n) is 12.2. The summed E-state index contributed by atoms with van der Waals surface area (Å²) in [5.74, 6) is -0.461. The van der Waals surface area contributed by atoms with Gasteiger partial charge in [0, 0.05) is 19.1 Å². The first kappa shape index (κ1) is 16.1. The first-order valence-corrected chi connectivity index (χ1v) is 7.12. The predicted molar refractivity (Wildman–Crippen MR) is 74.7 cm³/mol. The zero-order chi connectivity index (χ0) is 15.6. The monoisotopic (exact) mass is 304 g/mol. The van der Waals surface area contributed by atoms with Crippen molar-refractivity contribution in [1.29, 1.82) is 0 Å². The van der Waals surface area contributed by atoms with Gasteiger partial charge in [0.15, 0.2) is 0 Å². The lowest BCUT2D eigenvalue weighted by atomic mass is 10.1. The molecule has 1 aromatic rings. The molecule has 1 aromatic carbocycles. The summed E-state index contributed by atoms with van der Waals surface area (Å²) in [6.45, 7) is 6.79. The summed E-state index contributed by atoms with van der Waals surface area (Å²) in [5, 5.41) is 2.92. The minimum Gasteiger partial charge on any atom is -0.382 e. The van der Waals surface area contributed by atoms with E-state index in [-0.39, 0.29) is 5.69 Å². The maximum absolute atomic E-state index is 13.7. The zero-order valence-corrected chi connectivity index (χ0v) is 12.2. The van der Waals surface area contributed by atoms with E-state index in [0.29, 0.717) is 24.6 Å². The van der Waals surface area contributed by atoms with Crippen LogP contribution in [0.5, 0.6) is 0 Å². The van der Waals surface area contributed by atoms with E-state index < -0.39 is 17.6 Å². The Kier molecular flexibility index (Phi) is 4.76. The van der Waals surface area contributed by atoms with Gasteiger partial charge in [0.25, 0.3) is 0 Å². The third kappa shape index (κ3) is 4.09. The number of nitrogens with one attached hydrogen (secondary N) is 1. The molecule has 2 nitrogen and oxygen atoms in total. The van der Waals surface area contributed by atoms with Crippen LogP contribution in [-0.4, -0.2) is 30.6 Å². The normalized spacial score (nSPS) is 20.2. The van der Waals surface area contributed by atoms with E-state index in [2.05, 4.69) is 24.1 Å². The molecule has 6 heteroatoms. The van der Waals surface area contributed by atoms with Gasteiger partial charge in [-0.1, -0.05) is 0 Å². The van der Waals surface area contributed by atoms with Gasteiger partial charge in [0.2, 0.25) is 0 Å². The molecule has 1 saturated heterocycles. The first-order valence-electron chi connectivity index (χ1n) is 7.12. The minimum absolute atomic E-state index is 0.131. The average molecular weight is 304 g/mol. The van der Waals surface area contributed by atoms with Crippen molar-refractivity contribution in [2.24, 2.45) is 5.92 Å². The van der Waals surface area contributed by atoms with Gasteiger partial charge in [0.1, 0.15) is 5.82 Å². The van der Waals surface area contributed by atoms with Crippen molar-refractivity contribution in [3.63, 3.8) is 0 Å². The fourth-order valence-electron chi connectivity index (χ4n) is 2.59. The fourth-order valence-corrected chi connectivity index (χ4v) is 2.59. The maximum Gasteiger partial charge on any atom is 0.416 e. The van der Waals surface area contributed by atoms with Crippen LogP contribution < -0.4 is 5.32 Å². The molecule has 0 saturated carbocycles. The highest BCUT2D eigenvalue weighted by Crippen LogP contribution is 2.31. The molecule has 2 rings (SSSR count). The van der Waals surface area contributed by atoms with Crippen LogP contribution in [0.3, 0.4) is 0 Å². The van der Waals surface area contributed by atoms with E-state index >= 15 is 0 Å². The topological polar surface area (TPSA) is 15.3 Å². The lowest BCUT2D eigenvalue weighted by Crippen LogP contribution is -2.29. The van der Waals surface area contributed by atoms with E-state index in [9.17, 15) is 17.6 Å².